The van der Waals surface area contributed by atoms with Crippen LogP contribution in [0.1, 0.15) is 29.5 Å². The molecule has 0 unspecified atom stereocenters. The number of carbonyl (C=O) groups is 1. The van der Waals surface area contributed by atoms with Gasteiger partial charge in [0, 0.05) is 25.5 Å². The van der Waals surface area contributed by atoms with Gasteiger partial charge < -0.3 is 0 Å². The lowest BCUT2D eigenvalue weighted by molar-refractivity contribution is -0.130. The first-order valence-electron chi connectivity index (χ1n) is 5.49. The molecule has 0 aromatic heterocycles. The molecule has 1 aromatic carbocycles. The van der Waals surface area contributed by atoms with Gasteiger partial charge in [0.1, 0.15) is 0 Å². The van der Waals surface area contributed by atoms with Gasteiger partial charge in [0.05, 0.1) is 5.71 Å². The van der Waals surface area contributed by atoms with Gasteiger partial charge in [0.2, 0.25) is 5.91 Å². The zero-order chi connectivity index (χ0) is 11.7. The van der Waals surface area contributed by atoms with Crippen molar-refractivity contribution in [3.63, 3.8) is 0 Å². The first kappa shape index (κ1) is 10.9. The highest BCUT2D eigenvalue weighted by molar-refractivity contribution is 6.05. The molecule has 0 radical (unpaired) electrons. The fourth-order valence-corrected chi connectivity index (χ4v) is 1.91. The largest absolute Gasteiger partial charge is 0.273 e. The first-order valence-corrected chi connectivity index (χ1v) is 5.49. The summed E-state index contributed by atoms with van der Waals surface area (Å²) in [5.74, 6) is 0.0917. The summed E-state index contributed by atoms with van der Waals surface area (Å²) in [6.07, 6.45) is 1.30. The highest BCUT2D eigenvalue weighted by Crippen LogP contribution is 2.18. The summed E-state index contributed by atoms with van der Waals surface area (Å²) in [5.41, 5.74) is 4.62. The third kappa shape index (κ3) is 1.98. The molecular formula is C13H16N2O. The van der Waals surface area contributed by atoms with Crippen LogP contribution in [-0.2, 0) is 4.79 Å². The van der Waals surface area contributed by atoms with Gasteiger partial charge >= 0.3 is 0 Å². The van der Waals surface area contributed by atoms with E-state index in [0.717, 1.165) is 12.1 Å². The monoisotopic (exact) mass is 216 g/mol. The molecule has 3 heteroatoms. The second kappa shape index (κ2) is 4.08. The third-order valence-corrected chi connectivity index (χ3v) is 2.91. The Morgan fingerprint density at radius 3 is 2.69 bits per heavy atom. The van der Waals surface area contributed by atoms with E-state index in [4.69, 9.17) is 0 Å². The second-order valence-electron chi connectivity index (χ2n) is 4.28. The zero-order valence-corrected chi connectivity index (χ0v) is 9.95. The quantitative estimate of drug-likeness (QED) is 0.708. The molecule has 0 spiro atoms. The number of hydrogen-bond donors (Lipinski definition) is 0. The third-order valence-electron chi connectivity index (χ3n) is 2.91. The van der Waals surface area contributed by atoms with Crippen molar-refractivity contribution in [1.82, 2.24) is 5.01 Å². The van der Waals surface area contributed by atoms with Crippen molar-refractivity contribution in [2.45, 2.75) is 26.7 Å². The zero-order valence-electron chi connectivity index (χ0n) is 9.95. The van der Waals surface area contributed by atoms with Crippen molar-refractivity contribution >= 4 is 11.6 Å². The fourth-order valence-electron chi connectivity index (χ4n) is 1.91. The number of benzene rings is 1. The smallest absolute Gasteiger partial charge is 0.242 e. The van der Waals surface area contributed by atoms with E-state index in [2.05, 4.69) is 37.1 Å². The van der Waals surface area contributed by atoms with Crippen molar-refractivity contribution in [2.75, 3.05) is 7.05 Å². The van der Waals surface area contributed by atoms with Gasteiger partial charge in [0.15, 0.2) is 0 Å². The van der Waals surface area contributed by atoms with E-state index in [1.807, 2.05) is 0 Å². The Labute approximate surface area is 95.8 Å². The van der Waals surface area contributed by atoms with Crippen molar-refractivity contribution in [3.05, 3.63) is 34.9 Å². The van der Waals surface area contributed by atoms with E-state index in [1.165, 1.54) is 21.7 Å². The Morgan fingerprint density at radius 1 is 1.25 bits per heavy atom. The molecule has 2 rings (SSSR count). The van der Waals surface area contributed by atoms with Crippen LogP contribution in [0.15, 0.2) is 23.3 Å². The van der Waals surface area contributed by atoms with Gasteiger partial charge in [-0.1, -0.05) is 17.7 Å². The Morgan fingerprint density at radius 2 is 2.00 bits per heavy atom. The van der Waals surface area contributed by atoms with Crippen LogP contribution in [0.3, 0.4) is 0 Å². The molecule has 3 nitrogen and oxygen atoms in total. The Bertz CT molecular complexity index is 463. The van der Waals surface area contributed by atoms with Crippen LogP contribution < -0.4 is 0 Å². The topological polar surface area (TPSA) is 32.7 Å². The lowest BCUT2D eigenvalue weighted by Gasteiger charge is -2.20. The second-order valence-corrected chi connectivity index (χ2v) is 4.28. The molecule has 16 heavy (non-hydrogen) atoms. The molecule has 0 atom stereocenters. The van der Waals surface area contributed by atoms with Crippen LogP contribution in [0.5, 0.6) is 0 Å². The van der Waals surface area contributed by atoms with Gasteiger partial charge in [-0.05, 0) is 25.5 Å². The predicted octanol–water partition coefficient (Wildman–Crippen LogP) is 2.26. The fraction of sp³-hybridized carbons (Fsp3) is 0.385. The number of hydrazone groups is 1. The summed E-state index contributed by atoms with van der Waals surface area (Å²) >= 11 is 0. The molecule has 0 saturated heterocycles. The van der Waals surface area contributed by atoms with E-state index in [-0.39, 0.29) is 5.91 Å². The summed E-state index contributed by atoms with van der Waals surface area (Å²) in [6.45, 7) is 4.15. The molecule has 0 saturated carbocycles. The Kier molecular flexibility index (Phi) is 2.77. The summed E-state index contributed by atoms with van der Waals surface area (Å²) in [7, 11) is 1.71. The first-order chi connectivity index (χ1) is 7.58. The minimum atomic E-state index is 0.0917. The standard InChI is InChI=1S/C13H16N2O/c1-9-4-5-10(2)11(8-9)12-6-7-13(16)15(3)14-12/h4-5,8H,6-7H2,1-3H3. The number of carbonyl (C=O) groups excluding carboxylic acids is 1. The number of amides is 1. The number of rotatable bonds is 1. The molecule has 1 heterocycles. The summed E-state index contributed by atoms with van der Waals surface area (Å²) in [4.78, 5) is 11.3. The van der Waals surface area contributed by atoms with E-state index in [1.54, 1.807) is 7.05 Å². The number of aryl methyl sites for hydroxylation is 2. The van der Waals surface area contributed by atoms with Crippen molar-refractivity contribution in [1.29, 1.82) is 0 Å². The van der Waals surface area contributed by atoms with E-state index >= 15 is 0 Å². The highest BCUT2D eigenvalue weighted by Gasteiger charge is 2.18. The van der Waals surface area contributed by atoms with Crippen LogP contribution in [0.2, 0.25) is 0 Å². The van der Waals surface area contributed by atoms with Gasteiger partial charge in [-0.15, -0.1) is 0 Å². The van der Waals surface area contributed by atoms with Gasteiger partial charge in [-0.25, -0.2) is 5.01 Å². The highest BCUT2D eigenvalue weighted by atomic mass is 16.2. The van der Waals surface area contributed by atoms with Crippen LogP contribution in [0, 0.1) is 13.8 Å². The van der Waals surface area contributed by atoms with Crippen molar-refractivity contribution in [3.8, 4) is 0 Å². The lowest BCUT2D eigenvalue weighted by atomic mass is 9.98. The number of hydrogen-bond acceptors (Lipinski definition) is 2. The Hall–Kier alpha value is -1.64. The maximum atomic E-state index is 11.3. The molecule has 0 fully saturated rings. The van der Waals surface area contributed by atoms with Crippen molar-refractivity contribution < 1.29 is 4.79 Å². The minimum Gasteiger partial charge on any atom is -0.273 e. The molecule has 0 aliphatic carbocycles. The van der Waals surface area contributed by atoms with E-state index in [9.17, 15) is 4.79 Å². The van der Waals surface area contributed by atoms with Crippen molar-refractivity contribution in [2.24, 2.45) is 5.10 Å². The van der Waals surface area contributed by atoms with E-state index < -0.39 is 0 Å². The molecule has 1 aliphatic heterocycles. The molecule has 0 bridgehead atoms. The molecule has 1 aliphatic rings. The molecule has 1 aromatic rings. The van der Waals surface area contributed by atoms with Gasteiger partial charge in [0.25, 0.3) is 0 Å². The van der Waals surface area contributed by atoms with E-state index in [0.29, 0.717) is 6.42 Å². The van der Waals surface area contributed by atoms with Crippen LogP contribution >= 0.6 is 0 Å². The molecule has 1 amide bonds. The van der Waals surface area contributed by atoms with Crippen LogP contribution in [-0.4, -0.2) is 23.7 Å². The maximum absolute atomic E-state index is 11.3. The maximum Gasteiger partial charge on any atom is 0.242 e. The normalized spacial score (nSPS) is 16.3. The van der Waals surface area contributed by atoms with Crippen LogP contribution in [0.4, 0.5) is 0 Å². The molecular weight excluding hydrogens is 200 g/mol. The molecule has 84 valence electrons. The lowest BCUT2D eigenvalue weighted by Crippen LogP contribution is -2.28. The van der Waals surface area contributed by atoms with Gasteiger partial charge in [-0.3, -0.25) is 4.79 Å². The Balaban J connectivity index is 2.41. The SMILES string of the molecule is Cc1ccc(C)c(C2=NN(C)C(=O)CC2)c1. The van der Waals surface area contributed by atoms with Crippen LogP contribution in [0.25, 0.3) is 0 Å². The predicted molar refractivity (Wildman–Crippen MR) is 64.5 cm³/mol. The molecule has 0 N–H and O–H groups in total. The minimum absolute atomic E-state index is 0.0917. The summed E-state index contributed by atoms with van der Waals surface area (Å²) in [5, 5.41) is 5.78. The number of nitrogens with zero attached hydrogens (tertiary/aromatic N) is 2. The average Bonchev–Trinajstić information content (AvgIpc) is 2.26. The van der Waals surface area contributed by atoms with Gasteiger partial charge in [-0.2, -0.15) is 5.10 Å². The average molecular weight is 216 g/mol. The summed E-state index contributed by atoms with van der Waals surface area (Å²) in [6, 6.07) is 6.33. The summed E-state index contributed by atoms with van der Waals surface area (Å²) < 4.78 is 0.